The smallest absolute Gasteiger partial charge is 0.268 e. The number of carbonyl (C=O) groups excluding carboxylic acids is 1. The van der Waals surface area contributed by atoms with Gasteiger partial charge in [0.15, 0.2) is 0 Å². The quantitative estimate of drug-likeness (QED) is 0.593. The van der Waals surface area contributed by atoms with E-state index in [-0.39, 0.29) is 17.1 Å². The van der Waals surface area contributed by atoms with E-state index in [0.717, 1.165) is 18.7 Å². The van der Waals surface area contributed by atoms with Crippen LogP contribution >= 0.6 is 0 Å². The molecule has 0 aliphatic carbocycles. The largest absolute Gasteiger partial charge is 0.495 e. The van der Waals surface area contributed by atoms with Crippen molar-refractivity contribution in [1.82, 2.24) is 19.8 Å². The first kappa shape index (κ1) is 22.6. The van der Waals surface area contributed by atoms with Gasteiger partial charge in [-0.3, -0.25) is 19.1 Å². The maximum absolute atomic E-state index is 13.4. The van der Waals surface area contributed by atoms with Gasteiger partial charge >= 0.3 is 0 Å². The summed E-state index contributed by atoms with van der Waals surface area (Å²) in [6, 6.07) is 7.81. The lowest BCUT2D eigenvalue weighted by atomic mass is 10.0. The summed E-state index contributed by atoms with van der Waals surface area (Å²) in [5, 5.41) is 2.98. The zero-order valence-electron chi connectivity index (χ0n) is 18.3. The van der Waals surface area contributed by atoms with E-state index < -0.39 is 11.5 Å². The lowest BCUT2D eigenvalue weighted by molar-refractivity contribution is 0.0364. The second-order valence-corrected chi connectivity index (χ2v) is 7.60. The van der Waals surface area contributed by atoms with Crippen LogP contribution in [0.15, 0.2) is 54.1 Å². The van der Waals surface area contributed by atoms with Gasteiger partial charge in [0.1, 0.15) is 22.8 Å². The number of benzene rings is 1. The molecule has 3 aromatic rings. The van der Waals surface area contributed by atoms with Crippen LogP contribution in [0.2, 0.25) is 0 Å². The number of rotatable bonds is 7. The van der Waals surface area contributed by atoms with Gasteiger partial charge in [-0.05, 0) is 30.0 Å². The average Bonchev–Trinajstić information content (AvgIpc) is 2.83. The van der Waals surface area contributed by atoms with Gasteiger partial charge in [-0.25, -0.2) is 9.37 Å². The van der Waals surface area contributed by atoms with Crippen LogP contribution in [0, 0.1) is 5.82 Å². The van der Waals surface area contributed by atoms with E-state index in [4.69, 9.17) is 9.47 Å². The number of amides is 1. The number of nitrogens with zero attached hydrogens (tertiary/aromatic N) is 3. The van der Waals surface area contributed by atoms with Gasteiger partial charge in [0, 0.05) is 37.9 Å². The molecule has 1 saturated heterocycles. The third kappa shape index (κ3) is 4.64. The first-order valence-corrected chi connectivity index (χ1v) is 10.6. The molecule has 1 N–H and O–H groups in total. The Balaban J connectivity index is 1.87. The van der Waals surface area contributed by atoms with Gasteiger partial charge < -0.3 is 14.8 Å². The molecule has 0 bridgehead atoms. The minimum absolute atomic E-state index is 0.120. The van der Waals surface area contributed by atoms with E-state index in [1.165, 1.54) is 30.0 Å². The van der Waals surface area contributed by atoms with Gasteiger partial charge in [-0.2, -0.15) is 0 Å². The van der Waals surface area contributed by atoms with E-state index in [1.54, 1.807) is 24.4 Å². The fourth-order valence-corrected chi connectivity index (χ4v) is 3.95. The molecule has 0 radical (unpaired) electrons. The highest BCUT2D eigenvalue weighted by atomic mass is 19.1. The molecule has 4 rings (SSSR count). The van der Waals surface area contributed by atoms with Gasteiger partial charge in [0.25, 0.3) is 11.5 Å². The number of halogens is 1. The van der Waals surface area contributed by atoms with Gasteiger partial charge in [-0.1, -0.05) is 18.7 Å². The molecule has 0 spiro atoms. The molecule has 1 aromatic carbocycles. The lowest BCUT2D eigenvalue weighted by Crippen LogP contribution is -2.40. The fourth-order valence-electron chi connectivity index (χ4n) is 3.95. The number of carbonyl (C=O) groups is 1. The molecule has 0 atom stereocenters. The Labute approximate surface area is 190 Å². The minimum atomic E-state index is -0.610. The molecule has 33 heavy (non-hydrogen) atoms. The monoisotopic (exact) mass is 452 g/mol. The fraction of sp³-hybridized carbons (Fsp3) is 0.292. The molecule has 1 aliphatic rings. The number of aromatic nitrogens is 2. The van der Waals surface area contributed by atoms with Crippen molar-refractivity contribution >= 4 is 16.9 Å². The Kier molecular flexibility index (Phi) is 6.81. The van der Waals surface area contributed by atoms with Gasteiger partial charge in [-0.15, -0.1) is 0 Å². The Hall–Kier alpha value is -3.56. The van der Waals surface area contributed by atoms with E-state index >= 15 is 0 Å². The van der Waals surface area contributed by atoms with Crippen molar-refractivity contribution in [2.45, 2.75) is 6.54 Å². The van der Waals surface area contributed by atoms with Crippen LogP contribution in [-0.4, -0.2) is 60.3 Å². The zero-order chi connectivity index (χ0) is 23.4. The Morgan fingerprint density at radius 1 is 1.24 bits per heavy atom. The van der Waals surface area contributed by atoms with Crippen LogP contribution in [0.5, 0.6) is 5.75 Å². The number of hydrogen-bond acceptors (Lipinski definition) is 6. The summed E-state index contributed by atoms with van der Waals surface area (Å²) in [7, 11) is 1.40. The van der Waals surface area contributed by atoms with Crippen molar-refractivity contribution in [2.75, 3.05) is 40.0 Å². The number of hydrogen-bond donors (Lipinski definition) is 1. The summed E-state index contributed by atoms with van der Waals surface area (Å²) >= 11 is 0. The number of morpholine rings is 1. The van der Waals surface area contributed by atoms with Crippen LogP contribution in [0.1, 0.15) is 10.4 Å². The second kappa shape index (κ2) is 9.93. The maximum Gasteiger partial charge on any atom is 0.268 e. The Morgan fingerprint density at radius 3 is 2.64 bits per heavy atom. The van der Waals surface area contributed by atoms with Crippen molar-refractivity contribution in [3.05, 3.63) is 71.0 Å². The number of ether oxygens (including phenoxy) is 2. The van der Waals surface area contributed by atoms with Crippen molar-refractivity contribution in [1.29, 1.82) is 0 Å². The molecule has 0 saturated carbocycles. The summed E-state index contributed by atoms with van der Waals surface area (Å²) < 4.78 is 25.8. The molecule has 1 aliphatic heterocycles. The predicted molar refractivity (Wildman–Crippen MR) is 123 cm³/mol. The topological polar surface area (TPSA) is 85.7 Å². The highest BCUT2D eigenvalue weighted by Gasteiger charge is 2.24. The van der Waals surface area contributed by atoms with Gasteiger partial charge in [0.05, 0.1) is 25.7 Å². The molecule has 9 heteroatoms. The van der Waals surface area contributed by atoms with Crippen molar-refractivity contribution in [2.24, 2.45) is 0 Å². The number of methoxy groups -OCH3 is 1. The molecule has 8 nitrogen and oxygen atoms in total. The summed E-state index contributed by atoms with van der Waals surface area (Å²) in [4.78, 5) is 32.9. The first-order chi connectivity index (χ1) is 16.0. The van der Waals surface area contributed by atoms with E-state index in [9.17, 15) is 14.0 Å². The summed E-state index contributed by atoms with van der Waals surface area (Å²) in [5.74, 6) is -0.820. The zero-order valence-corrected chi connectivity index (χ0v) is 18.3. The third-order valence-electron chi connectivity index (χ3n) is 5.64. The second-order valence-electron chi connectivity index (χ2n) is 7.60. The van der Waals surface area contributed by atoms with Gasteiger partial charge in [0.2, 0.25) is 0 Å². The average molecular weight is 452 g/mol. The van der Waals surface area contributed by atoms with Crippen molar-refractivity contribution in [3.63, 3.8) is 0 Å². The van der Waals surface area contributed by atoms with Crippen LogP contribution in [0.25, 0.3) is 22.2 Å². The van der Waals surface area contributed by atoms with Crippen LogP contribution < -0.4 is 15.6 Å². The molecular formula is C24H25FN4O4. The summed E-state index contributed by atoms with van der Waals surface area (Å²) in [6.45, 7) is 7.29. The molecule has 2 aromatic heterocycles. The molecule has 1 amide bonds. The number of fused-ring (bicyclic) bond motifs is 1. The molecular weight excluding hydrogens is 427 g/mol. The first-order valence-electron chi connectivity index (χ1n) is 10.6. The van der Waals surface area contributed by atoms with Crippen LogP contribution in [0.4, 0.5) is 4.39 Å². The van der Waals surface area contributed by atoms with E-state index in [0.29, 0.717) is 42.9 Å². The molecule has 172 valence electrons. The van der Waals surface area contributed by atoms with Crippen molar-refractivity contribution in [3.8, 4) is 16.9 Å². The highest BCUT2D eigenvalue weighted by molar-refractivity contribution is 6.02. The normalized spacial score (nSPS) is 14.2. The molecule has 0 unspecified atom stereocenters. The van der Waals surface area contributed by atoms with Crippen LogP contribution in [-0.2, 0) is 11.3 Å². The minimum Gasteiger partial charge on any atom is -0.495 e. The summed E-state index contributed by atoms with van der Waals surface area (Å²) in [6.07, 6.45) is 2.85. The molecule has 3 heterocycles. The van der Waals surface area contributed by atoms with Crippen molar-refractivity contribution < 1.29 is 18.7 Å². The summed E-state index contributed by atoms with van der Waals surface area (Å²) in [5.41, 5.74) is 1.25. The van der Waals surface area contributed by atoms with Crippen LogP contribution in [0.3, 0.4) is 0 Å². The SMILES string of the molecule is C=CNC(=O)c1c(OC)c2cc(-c3ccc(F)cc3)cnc2n(CCN2CCOCC2)c1=O. The van der Waals surface area contributed by atoms with E-state index in [2.05, 4.69) is 21.8 Å². The third-order valence-corrected chi connectivity index (χ3v) is 5.64. The Morgan fingerprint density at radius 2 is 1.97 bits per heavy atom. The van der Waals surface area contributed by atoms with E-state index in [1.807, 2.05) is 0 Å². The number of nitrogens with one attached hydrogen (secondary N) is 1. The Bertz CT molecular complexity index is 1230. The standard InChI is InChI=1S/C24H25FN4O4/c1-3-26-23(30)20-21(32-2)19-14-17(16-4-6-18(25)7-5-16)15-27-22(19)29(24(20)31)9-8-28-10-12-33-13-11-28/h3-7,14-15H,1,8-13H2,2H3,(H,26,30). The lowest BCUT2D eigenvalue weighted by Gasteiger charge is -2.27. The highest BCUT2D eigenvalue weighted by Crippen LogP contribution is 2.30. The molecule has 1 fully saturated rings. The predicted octanol–water partition coefficient (Wildman–Crippen LogP) is 2.42. The maximum atomic E-state index is 13.4. The number of pyridine rings is 2.